The van der Waals surface area contributed by atoms with Gasteiger partial charge >= 0.3 is 0 Å². The lowest BCUT2D eigenvalue weighted by Gasteiger charge is -2.40. The second-order valence-electron chi connectivity index (χ2n) is 6.94. The SMILES string of the molecule is CCCNCC1(CN2CC(C)C(C)C2)CCOCC1. The van der Waals surface area contributed by atoms with E-state index in [0.29, 0.717) is 5.41 Å². The molecule has 0 radical (unpaired) electrons. The van der Waals surface area contributed by atoms with Crippen LogP contribution in [0, 0.1) is 17.3 Å². The second-order valence-corrected chi connectivity index (χ2v) is 6.94. The Hall–Kier alpha value is -0.120. The van der Waals surface area contributed by atoms with E-state index in [1.54, 1.807) is 0 Å². The van der Waals surface area contributed by atoms with Crippen LogP contribution in [0.15, 0.2) is 0 Å². The zero-order chi connectivity index (χ0) is 13.7. The highest BCUT2D eigenvalue weighted by Gasteiger charge is 2.37. The summed E-state index contributed by atoms with van der Waals surface area (Å²) in [6.45, 7) is 15.1. The Kier molecular flexibility index (Phi) is 5.67. The van der Waals surface area contributed by atoms with Crippen molar-refractivity contribution in [3.63, 3.8) is 0 Å². The van der Waals surface area contributed by atoms with Gasteiger partial charge in [-0.05, 0) is 43.1 Å². The van der Waals surface area contributed by atoms with Crippen molar-refractivity contribution in [3.05, 3.63) is 0 Å². The normalized spacial score (nSPS) is 31.7. The van der Waals surface area contributed by atoms with Crippen molar-refractivity contribution in [2.24, 2.45) is 17.3 Å². The standard InChI is InChI=1S/C16H32N2O/c1-4-7-17-12-16(5-8-19-9-6-16)13-18-10-14(2)15(3)11-18/h14-15,17H,4-13H2,1-3H3. The number of ether oxygens (including phenoxy) is 1. The summed E-state index contributed by atoms with van der Waals surface area (Å²) in [7, 11) is 0. The Morgan fingerprint density at radius 1 is 1.16 bits per heavy atom. The molecular weight excluding hydrogens is 236 g/mol. The molecule has 0 aromatic heterocycles. The van der Waals surface area contributed by atoms with E-state index in [0.717, 1.165) is 31.6 Å². The van der Waals surface area contributed by atoms with Gasteiger partial charge in [0, 0.05) is 39.4 Å². The molecule has 0 spiro atoms. The highest BCUT2D eigenvalue weighted by atomic mass is 16.5. The average Bonchev–Trinajstić information content (AvgIpc) is 2.69. The molecule has 2 unspecified atom stereocenters. The van der Waals surface area contributed by atoms with Crippen molar-refractivity contribution in [2.45, 2.75) is 40.0 Å². The fourth-order valence-electron chi connectivity index (χ4n) is 3.58. The van der Waals surface area contributed by atoms with Crippen LogP contribution in [-0.4, -0.2) is 50.8 Å². The third kappa shape index (κ3) is 4.17. The number of likely N-dealkylation sites (tertiary alicyclic amines) is 1. The summed E-state index contributed by atoms with van der Waals surface area (Å²) in [6, 6.07) is 0. The minimum Gasteiger partial charge on any atom is -0.381 e. The lowest BCUT2D eigenvalue weighted by Crippen LogP contribution is -2.47. The van der Waals surface area contributed by atoms with Crippen LogP contribution in [-0.2, 0) is 4.74 Å². The molecule has 2 atom stereocenters. The van der Waals surface area contributed by atoms with E-state index in [-0.39, 0.29) is 0 Å². The predicted octanol–water partition coefficient (Wildman–Crippen LogP) is 2.37. The van der Waals surface area contributed by atoms with Gasteiger partial charge in [0.2, 0.25) is 0 Å². The van der Waals surface area contributed by atoms with Gasteiger partial charge in [0.25, 0.3) is 0 Å². The van der Waals surface area contributed by atoms with Crippen LogP contribution in [0.3, 0.4) is 0 Å². The molecule has 2 aliphatic heterocycles. The van der Waals surface area contributed by atoms with Crippen LogP contribution in [0.5, 0.6) is 0 Å². The quantitative estimate of drug-likeness (QED) is 0.749. The van der Waals surface area contributed by atoms with E-state index >= 15 is 0 Å². The highest BCUT2D eigenvalue weighted by Crippen LogP contribution is 2.33. The Balaban J connectivity index is 1.89. The van der Waals surface area contributed by atoms with Crippen molar-refractivity contribution < 1.29 is 4.74 Å². The number of nitrogens with one attached hydrogen (secondary N) is 1. The third-order valence-electron chi connectivity index (χ3n) is 5.10. The smallest absolute Gasteiger partial charge is 0.0472 e. The summed E-state index contributed by atoms with van der Waals surface area (Å²) in [4.78, 5) is 2.70. The molecule has 1 N–H and O–H groups in total. The largest absolute Gasteiger partial charge is 0.381 e. The summed E-state index contributed by atoms with van der Waals surface area (Å²) in [5, 5.41) is 3.66. The predicted molar refractivity (Wildman–Crippen MR) is 80.4 cm³/mol. The van der Waals surface area contributed by atoms with Crippen molar-refractivity contribution >= 4 is 0 Å². The van der Waals surface area contributed by atoms with E-state index in [1.165, 1.54) is 45.4 Å². The molecule has 2 saturated heterocycles. The van der Waals surface area contributed by atoms with E-state index in [1.807, 2.05) is 0 Å². The van der Waals surface area contributed by atoms with Crippen LogP contribution < -0.4 is 5.32 Å². The minimum absolute atomic E-state index is 0.456. The number of hydrogen-bond acceptors (Lipinski definition) is 3. The third-order valence-corrected chi connectivity index (χ3v) is 5.10. The lowest BCUT2D eigenvalue weighted by molar-refractivity contribution is -0.00154. The van der Waals surface area contributed by atoms with Crippen molar-refractivity contribution in [1.29, 1.82) is 0 Å². The van der Waals surface area contributed by atoms with E-state index in [4.69, 9.17) is 4.74 Å². The van der Waals surface area contributed by atoms with Crippen LogP contribution in [0.2, 0.25) is 0 Å². The van der Waals surface area contributed by atoms with E-state index in [2.05, 4.69) is 31.0 Å². The van der Waals surface area contributed by atoms with Crippen LogP contribution in [0.25, 0.3) is 0 Å². The maximum atomic E-state index is 5.59. The van der Waals surface area contributed by atoms with Gasteiger partial charge in [-0.3, -0.25) is 0 Å². The highest BCUT2D eigenvalue weighted by molar-refractivity contribution is 4.90. The maximum Gasteiger partial charge on any atom is 0.0472 e. The number of nitrogens with zero attached hydrogens (tertiary/aromatic N) is 1. The van der Waals surface area contributed by atoms with Crippen molar-refractivity contribution in [1.82, 2.24) is 10.2 Å². The van der Waals surface area contributed by atoms with Gasteiger partial charge in [0.1, 0.15) is 0 Å². The second kappa shape index (κ2) is 7.05. The van der Waals surface area contributed by atoms with Crippen LogP contribution >= 0.6 is 0 Å². The van der Waals surface area contributed by atoms with Crippen molar-refractivity contribution in [2.75, 3.05) is 45.9 Å². The van der Waals surface area contributed by atoms with Gasteiger partial charge in [-0.2, -0.15) is 0 Å². The van der Waals surface area contributed by atoms with Gasteiger partial charge in [-0.25, -0.2) is 0 Å². The van der Waals surface area contributed by atoms with Gasteiger partial charge < -0.3 is 15.0 Å². The molecule has 0 amide bonds. The summed E-state index contributed by atoms with van der Waals surface area (Å²) in [5.41, 5.74) is 0.456. The van der Waals surface area contributed by atoms with Gasteiger partial charge in [0.15, 0.2) is 0 Å². The first-order valence-corrected chi connectivity index (χ1v) is 8.16. The molecule has 2 aliphatic rings. The monoisotopic (exact) mass is 268 g/mol. The lowest BCUT2D eigenvalue weighted by atomic mass is 9.79. The number of hydrogen-bond donors (Lipinski definition) is 1. The van der Waals surface area contributed by atoms with Crippen molar-refractivity contribution in [3.8, 4) is 0 Å². The minimum atomic E-state index is 0.456. The Bertz CT molecular complexity index is 253. The van der Waals surface area contributed by atoms with Gasteiger partial charge in [-0.15, -0.1) is 0 Å². The molecule has 0 saturated carbocycles. The zero-order valence-electron chi connectivity index (χ0n) is 13.1. The van der Waals surface area contributed by atoms with Crippen LogP contribution in [0.1, 0.15) is 40.0 Å². The van der Waals surface area contributed by atoms with Gasteiger partial charge in [0.05, 0.1) is 0 Å². The molecule has 0 aromatic carbocycles. The first kappa shape index (κ1) is 15.3. The van der Waals surface area contributed by atoms with E-state index < -0.39 is 0 Å². The first-order chi connectivity index (χ1) is 9.15. The van der Waals surface area contributed by atoms with E-state index in [9.17, 15) is 0 Å². The molecule has 3 nitrogen and oxygen atoms in total. The topological polar surface area (TPSA) is 24.5 Å². The molecule has 19 heavy (non-hydrogen) atoms. The summed E-state index contributed by atoms with van der Waals surface area (Å²) in [5.74, 6) is 1.72. The van der Waals surface area contributed by atoms with Crippen LogP contribution in [0.4, 0.5) is 0 Å². The fourth-order valence-corrected chi connectivity index (χ4v) is 3.58. The summed E-state index contributed by atoms with van der Waals surface area (Å²) in [6.07, 6.45) is 3.68. The number of rotatable bonds is 6. The Morgan fingerprint density at radius 3 is 2.37 bits per heavy atom. The molecule has 2 heterocycles. The molecule has 0 bridgehead atoms. The summed E-state index contributed by atoms with van der Waals surface area (Å²) < 4.78 is 5.59. The molecule has 0 aliphatic carbocycles. The molecule has 0 aromatic rings. The first-order valence-electron chi connectivity index (χ1n) is 8.16. The molecule has 2 rings (SSSR count). The fraction of sp³-hybridized carbons (Fsp3) is 1.00. The Morgan fingerprint density at radius 2 is 1.79 bits per heavy atom. The maximum absolute atomic E-state index is 5.59. The van der Waals surface area contributed by atoms with Gasteiger partial charge in [-0.1, -0.05) is 20.8 Å². The zero-order valence-corrected chi connectivity index (χ0v) is 13.1. The Labute approximate surface area is 119 Å². The molecule has 3 heteroatoms. The molecule has 2 fully saturated rings. The molecular formula is C16H32N2O. The summed E-state index contributed by atoms with van der Waals surface area (Å²) >= 11 is 0. The average molecular weight is 268 g/mol. The molecule has 112 valence electrons.